The van der Waals surface area contributed by atoms with Crippen molar-refractivity contribution in [2.45, 2.75) is 19.8 Å². The van der Waals surface area contributed by atoms with Crippen LogP contribution in [0.15, 0.2) is 24.3 Å². The van der Waals surface area contributed by atoms with Crippen LogP contribution in [0.25, 0.3) is 0 Å². The molecule has 3 rings (SSSR count). The number of carbonyl (C=O) groups excluding carboxylic acids is 1. The highest BCUT2D eigenvalue weighted by molar-refractivity contribution is 7.13. The first-order chi connectivity index (χ1) is 9.63. The molecule has 0 bridgehead atoms. The van der Waals surface area contributed by atoms with Crippen molar-refractivity contribution in [3.63, 3.8) is 0 Å². The molecule has 20 heavy (non-hydrogen) atoms. The lowest BCUT2D eigenvalue weighted by Crippen LogP contribution is -2.41. The first-order valence-electron chi connectivity index (χ1n) is 6.63. The van der Waals surface area contributed by atoms with Crippen molar-refractivity contribution >= 4 is 17.2 Å². The predicted octanol–water partition coefficient (Wildman–Crippen LogP) is 3.03. The maximum absolute atomic E-state index is 12.9. The summed E-state index contributed by atoms with van der Waals surface area (Å²) in [6.07, 6.45) is 1.73. The molecule has 0 aliphatic carbocycles. The van der Waals surface area contributed by atoms with E-state index in [2.05, 4.69) is 4.98 Å². The minimum absolute atomic E-state index is 0.0941. The average molecular weight is 290 g/mol. The zero-order valence-corrected chi connectivity index (χ0v) is 12.0. The van der Waals surface area contributed by atoms with Gasteiger partial charge in [0.05, 0.1) is 10.7 Å². The smallest absolute Gasteiger partial charge is 0.265 e. The highest BCUT2D eigenvalue weighted by Crippen LogP contribution is 2.24. The Balaban J connectivity index is 1.77. The molecular formula is C15H15FN2OS. The number of halogens is 1. The van der Waals surface area contributed by atoms with Crippen molar-refractivity contribution in [2.24, 2.45) is 0 Å². The molecule has 5 heteroatoms. The average Bonchev–Trinajstić information content (AvgIpc) is 2.71. The molecule has 3 nitrogen and oxygen atoms in total. The Kier molecular flexibility index (Phi) is 3.53. The Hall–Kier alpha value is -1.75. The third-order valence-electron chi connectivity index (χ3n) is 3.45. The zero-order valence-electron chi connectivity index (χ0n) is 11.2. The first-order valence-corrected chi connectivity index (χ1v) is 7.45. The predicted molar refractivity (Wildman–Crippen MR) is 76.6 cm³/mol. The van der Waals surface area contributed by atoms with Crippen LogP contribution in [0.2, 0.25) is 0 Å². The second-order valence-corrected chi connectivity index (χ2v) is 6.05. The lowest BCUT2D eigenvalue weighted by molar-refractivity contribution is 0.0656. The number of amides is 1. The second kappa shape index (κ2) is 5.32. The SMILES string of the molecule is Cc1nc(Cc2ccc(F)cc2)sc1C(=O)N1CCC1. The Morgan fingerprint density at radius 2 is 2.05 bits per heavy atom. The summed E-state index contributed by atoms with van der Waals surface area (Å²) in [5.41, 5.74) is 1.80. The minimum atomic E-state index is -0.238. The van der Waals surface area contributed by atoms with Crippen LogP contribution < -0.4 is 0 Å². The van der Waals surface area contributed by atoms with Crippen molar-refractivity contribution < 1.29 is 9.18 Å². The van der Waals surface area contributed by atoms with E-state index in [4.69, 9.17) is 0 Å². The lowest BCUT2D eigenvalue weighted by Gasteiger charge is -2.30. The fraction of sp³-hybridized carbons (Fsp3) is 0.333. The van der Waals surface area contributed by atoms with Crippen LogP contribution in [0.5, 0.6) is 0 Å². The van der Waals surface area contributed by atoms with E-state index in [0.717, 1.165) is 40.7 Å². The molecule has 0 spiro atoms. The van der Waals surface area contributed by atoms with E-state index in [-0.39, 0.29) is 11.7 Å². The van der Waals surface area contributed by atoms with Crippen molar-refractivity contribution in [1.29, 1.82) is 0 Å². The number of hydrogen-bond acceptors (Lipinski definition) is 3. The maximum Gasteiger partial charge on any atom is 0.265 e. The summed E-state index contributed by atoms with van der Waals surface area (Å²) in [5, 5.41) is 0.901. The normalized spacial score (nSPS) is 14.2. The number of rotatable bonds is 3. The maximum atomic E-state index is 12.9. The molecule has 0 N–H and O–H groups in total. The van der Waals surface area contributed by atoms with Crippen molar-refractivity contribution in [3.8, 4) is 0 Å². The van der Waals surface area contributed by atoms with Gasteiger partial charge in [-0.25, -0.2) is 9.37 Å². The van der Waals surface area contributed by atoms with Crippen LogP contribution in [0.4, 0.5) is 4.39 Å². The molecule has 2 heterocycles. The summed E-state index contributed by atoms with van der Waals surface area (Å²) in [5.74, 6) is -0.144. The molecule has 1 saturated heterocycles. The largest absolute Gasteiger partial charge is 0.338 e. The van der Waals surface area contributed by atoms with Gasteiger partial charge in [0, 0.05) is 19.5 Å². The molecular weight excluding hydrogens is 275 g/mol. The monoisotopic (exact) mass is 290 g/mol. The van der Waals surface area contributed by atoms with E-state index in [9.17, 15) is 9.18 Å². The number of aromatic nitrogens is 1. The molecule has 0 atom stereocenters. The van der Waals surface area contributed by atoms with E-state index >= 15 is 0 Å². The number of thiazole rings is 1. The molecule has 0 saturated carbocycles. The Morgan fingerprint density at radius 1 is 1.35 bits per heavy atom. The Bertz CT molecular complexity index is 632. The van der Waals surface area contributed by atoms with Crippen LogP contribution in [-0.4, -0.2) is 28.9 Å². The first kappa shape index (κ1) is 13.2. The summed E-state index contributed by atoms with van der Waals surface area (Å²) >= 11 is 1.45. The molecule has 1 amide bonds. The number of likely N-dealkylation sites (tertiary alicyclic amines) is 1. The summed E-state index contributed by atoms with van der Waals surface area (Å²) < 4.78 is 12.9. The van der Waals surface area contributed by atoms with E-state index < -0.39 is 0 Å². The molecule has 0 unspecified atom stereocenters. The van der Waals surface area contributed by atoms with Gasteiger partial charge < -0.3 is 4.90 Å². The number of aryl methyl sites for hydroxylation is 1. The van der Waals surface area contributed by atoms with Gasteiger partial charge in [0.2, 0.25) is 0 Å². The summed E-state index contributed by atoms with van der Waals surface area (Å²) in [6.45, 7) is 3.57. The Labute approximate surface area is 121 Å². The highest BCUT2D eigenvalue weighted by atomic mass is 32.1. The quantitative estimate of drug-likeness (QED) is 0.870. The van der Waals surface area contributed by atoms with Gasteiger partial charge in [-0.1, -0.05) is 12.1 Å². The Morgan fingerprint density at radius 3 is 2.65 bits per heavy atom. The van der Waals surface area contributed by atoms with E-state index in [1.807, 2.05) is 11.8 Å². The van der Waals surface area contributed by atoms with Gasteiger partial charge in [0.1, 0.15) is 10.7 Å². The molecule has 104 valence electrons. The minimum Gasteiger partial charge on any atom is -0.338 e. The lowest BCUT2D eigenvalue weighted by atomic mass is 10.1. The molecule has 0 radical (unpaired) electrons. The van der Waals surface area contributed by atoms with Crippen molar-refractivity contribution in [1.82, 2.24) is 9.88 Å². The third-order valence-corrected chi connectivity index (χ3v) is 4.59. The van der Waals surface area contributed by atoms with Gasteiger partial charge in [-0.05, 0) is 31.0 Å². The number of nitrogens with zero attached hydrogens (tertiary/aromatic N) is 2. The topological polar surface area (TPSA) is 33.2 Å². The van der Waals surface area contributed by atoms with Gasteiger partial charge in [0.15, 0.2) is 0 Å². The van der Waals surface area contributed by atoms with Gasteiger partial charge in [-0.2, -0.15) is 0 Å². The van der Waals surface area contributed by atoms with E-state index in [0.29, 0.717) is 6.42 Å². The molecule has 1 aliphatic rings. The second-order valence-electron chi connectivity index (χ2n) is 4.97. The van der Waals surface area contributed by atoms with Gasteiger partial charge >= 0.3 is 0 Å². The van der Waals surface area contributed by atoms with Crippen LogP contribution in [0, 0.1) is 12.7 Å². The number of hydrogen-bond donors (Lipinski definition) is 0. The van der Waals surface area contributed by atoms with Crippen LogP contribution in [-0.2, 0) is 6.42 Å². The van der Waals surface area contributed by atoms with Crippen LogP contribution in [0.1, 0.15) is 32.4 Å². The number of benzene rings is 1. The van der Waals surface area contributed by atoms with Crippen LogP contribution >= 0.6 is 11.3 Å². The fourth-order valence-corrected chi connectivity index (χ4v) is 3.23. The molecule has 1 aromatic carbocycles. The van der Waals surface area contributed by atoms with E-state index in [1.165, 1.54) is 23.5 Å². The molecule has 1 fully saturated rings. The van der Waals surface area contributed by atoms with Gasteiger partial charge in [-0.3, -0.25) is 4.79 Å². The fourth-order valence-electron chi connectivity index (χ4n) is 2.17. The van der Waals surface area contributed by atoms with Gasteiger partial charge in [-0.15, -0.1) is 11.3 Å². The molecule has 1 aliphatic heterocycles. The van der Waals surface area contributed by atoms with Crippen molar-refractivity contribution in [3.05, 3.63) is 51.2 Å². The number of carbonyl (C=O) groups is 1. The van der Waals surface area contributed by atoms with Crippen LogP contribution in [0.3, 0.4) is 0 Å². The zero-order chi connectivity index (χ0) is 14.1. The van der Waals surface area contributed by atoms with Crippen molar-refractivity contribution in [2.75, 3.05) is 13.1 Å². The van der Waals surface area contributed by atoms with E-state index in [1.54, 1.807) is 12.1 Å². The summed E-state index contributed by atoms with van der Waals surface area (Å²) in [4.78, 5) is 19.3. The van der Waals surface area contributed by atoms with Gasteiger partial charge in [0.25, 0.3) is 5.91 Å². The molecule has 2 aromatic rings. The molecule has 1 aromatic heterocycles. The third kappa shape index (κ3) is 2.58. The summed E-state index contributed by atoms with van der Waals surface area (Å²) in [6, 6.07) is 6.40. The summed E-state index contributed by atoms with van der Waals surface area (Å²) in [7, 11) is 0. The highest BCUT2D eigenvalue weighted by Gasteiger charge is 2.25. The standard InChI is InChI=1S/C15H15FN2OS/c1-10-14(15(19)18-7-2-8-18)20-13(17-10)9-11-3-5-12(16)6-4-11/h3-6H,2,7-9H2,1H3.